The molecule has 2 aromatic rings. The van der Waals surface area contributed by atoms with Gasteiger partial charge in [-0.2, -0.15) is 0 Å². The van der Waals surface area contributed by atoms with E-state index in [1.807, 2.05) is 6.92 Å². The van der Waals surface area contributed by atoms with Crippen LogP contribution >= 0.6 is 11.6 Å². The van der Waals surface area contributed by atoms with E-state index in [0.717, 1.165) is 6.42 Å². The summed E-state index contributed by atoms with van der Waals surface area (Å²) in [5.74, 6) is 0.145. The number of rotatable bonds is 5. The maximum Gasteiger partial charge on any atom is 0.308 e. The fourth-order valence-electron chi connectivity index (χ4n) is 2.63. The van der Waals surface area contributed by atoms with Crippen molar-refractivity contribution in [1.82, 2.24) is 0 Å². The summed E-state index contributed by atoms with van der Waals surface area (Å²) in [6.07, 6.45) is 1.39. The first-order valence-electron chi connectivity index (χ1n) is 7.57. The van der Waals surface area contributed by atoms with E-state index in [-0.39, 0.29) is 5.75 Å². The Morgan fingerprint density at radius 2 is 1.62 bits per heavy atom. The van der Waals surface area contributed by atoms with Gasteiger partial charge in [0.25, 0.3) is 0 Å². The normalized spacial score (nSPS) is 10.5. The first kappa shape index (κ1) is 18.1. The number of carbonyl (C=O) groups is 2. The van der Waals surface area contributed by atoms with Crippen molar-refractivity contribution < 1.29 is 23.8 Å². The second-order valence-corrected chi connectivity index (χ2v) is 5.73. The summed E-state index contributed by atoms with van der Waals surface area (Å²) in [6.45, 7) is 4.65. The highest BCUT2D eigenvalue weighted by Crippen LogP contribution is 2.47. The maximum atomic E-state index is 11.6. The lowest BCUT2D eigenvalue weighted by Crippen LogP contribution is -2.09. The van der Waals surface area contributed by atoms with E-state index in [0.29, 0.717) is 39.3 Å². The molecule has 0 spiro atoms. The summed E-state index contributed by atoms with van der Waals surface area (Å²) in [5.41, 5.74) is 0.682. The third-order valence-electron chi connectivity index (χ3n) is 3.42. The quantitative estimate of drug-likeness (QED) is 0.594. The van der Waals surface area contributed by atoms with Crippen molar-refractivity contribution in [1.29, 1.82) is 0 Å². The molecular weight excluding hydrogens is 332 g/mol. The first-order valence-corrected chi connectivity index (χ1v) is 7.95. The largest absolute Gasteiger partial charge is 0.492 e. The molecule has 0 heterocycles. The smallest absolute Gasteiger partial charge is 0.308 e. The number of hydrogen-bond acceptors (Lipinski definition) is 5. The molecule has 0 aliphatic heterocycles. The summed E-state index contributed by atoms with van der Waals surface area (Å²) >= 11 is 6.09. The van der Waals surface area contributed by atoms with E-state index in [2.05, 4.69) is 0 Å². The molecule has 0 aliphatic rings. The van der Waals surface area contributed by atoms with Crippen LogP contribution in [0.25, 0.3) is 10.8 Å². The molecule has 0 aliphatic carbocycles. The summed E-state index contributed by atoms with van der Waals surface area (Å²) in [6, 6.07) is 5.08. The number of fused-ring (bicyclic) bond motifs is 1. The monoisotopic (exact) mass is 350 g/mol. The van der Waals surface area contributed by atoms with Crippen molar-refractivity contribution in [3.8, 4) is 17.2 Å². The molecule has 0 saturated heterocycles. The van der Waals surface area contributed by atoms with Crippen LogP contribution in [0.5, 0.6) is 17.2 Å². The highest BCUT2D eigenvalue weighted by Gasteiger charge is 2.24. The van der Waals surface area contributed by atoms with Gasteiger partial charge in [0.05, 0.1) is 7.11 Å². The van der Waals surface area contributed by atoms with E-state index >= 15 is 0 Å². The van der Waals surface area contributed by atoms with Gasteiger partial charge in [-0.3, -0.25) is 9.59 Å². The Morgan fingerprint density at radius 1 is 1.00 bits per heavy atom. The van der Waals surface area contributed by atoms with E-state index in [1.54, 1.807) is 18.2 Å². The van der Waals surface area contributed by atoms with Gasteiger partial charge in [-0.25, -0.2) is 0 Å². The Bertz CT molecular complexity index is 798. The molecule has 0 bridgehead atoms. The van der Waals surface area contributed by atoms with Crippen molar-refractivity contribution in [3.05, 3.63) is 28.8 Å². The highest BCUT2D eigenvalue weighted by molar-refractivity contribution is 6.31. The van der Waals surface area contributed by atoms with Crippen molar-refractivity contribution in [2.45, 2.75) is 33.6 Å². The van der Waals surface area contributed by atoms with E-state index in [1.165, 1.54) is 21.0 Å². The number of carbonyl (C=O) groups excluding carboxylic acids is 2. The Kier molecular flexibility index (Phi) is 5.67. The first-order chi connectivity index (χ1) is 11.4. The predicted molar refractivity (Wildman–Crippen MR) is 92.1 cm³/mol. The Labute approximate surface area is 145 Å². The molecule has 0 radical (unpaired) electrons. The number of esters is 2. The lowest BCUT2D eigenvalue weighted by Gasteiger charge is -2.20. The zero-order valence-corrected chi connectivity index (χ0v) is 14.8. The molecular formula is C18H19ClO5. The average Bonchev–Trinajstić information content (AvgIpc) is 2.50. The molecule has 0 unspecified atom stereocenters. The molecule has 0 saturated carbocycles. The molecule has 0 aromatic heterocycles. The fraction of sp³-hybridized carbons (Fsp3) is 0.333. The van der Waals surface area contributed by atoms with E-state index in [9.17, 15) is 9.59 Å². The van der Waals surface area contributed by atoms with Crippen molar-refractivity contribution in [3.63, 3.8) is 0 Å². The summed E-state index contributed by atoms with van der Waals surface area (Å²) in [5, 5.41) is 1.65. The summed E-state index contributed by atoms with van der Waals surface area (Å²) in [4.78, 5) is 23.1. The minimum absolute atomic E-state index is 0.279. The molecule has 2 aromatic carbocycles. The van der Waals surface area contributed by atoms with Crippen LogP contribution in [-0.4, -0.2) is 19.0 Å². The summed E-state index contributed by atoms with van der Waals surface area (Å²) in [7, 11) is 1.48. The Balaban J connectivity index is 2.93. The number of halogens is 1. The lowest BCUT2D eigenvalue weighted by atomic mass is 9.99. The highest BCUT2D eigenvalue weighted by atomic mass is 35.5. The van der Waals surface area contributed by atoms with Crippen LogP contribution in [0.3, 0.4) is 0 Å². The van der Waals surface area contributed by atoms with E-state index in [4.69, 9.17) is 25.8 Å². The van der Waals surface area contributed by atoms with Crippen LogP contribution in [0, 0.1) is 0 Å². The maximum absolute atomic E-state index is 11.6. The van der Waals surface area contributed by atoms with Crippen LogP contribution < -0.4 is 14.2 Å². The Hall–Kier alpha value is -2.27. The number of hydrogen-bond donors (Lipinski definition) is 0. The van der Waals surface area contributed by atoms with Gasteiger partial charge in [0, 0.05) is 35.2 Å². The molecule has 0 N–H and O–H groups in total. The van der Waals surface area contributed by atoms with Gasteiger partial charge in [-0.15, -0.1) is 0 Å². The van der Waals surface area contributed by atoms with Crippen LogP contribution in [0.2, 0.25) is 5.02 Å². The summed E-state index contributed by atoms with van der Waals surface area (Å²) < 4.78 is 16.3. The molecule has 0 fully saturated rings. The average molecular weight is 351 g/mol. The van der Waals surface area contributed by atoms with Gasteiger partial charge < -0.3 is 14.2 Å². The number of ether oxygens (including phenoxy) is 3. The van der Waals surface area contributed by atoms with Crippen LogP contribution in [0.15, 0.2) is 18.2 Å². The van der Waals surface area contributed by atoms with Gasteiger partial charge in [0.15, 0.2) is 11.5 Å². The van der Waals surface area contributed by atoms with E-state index < -0.39 is 11.9 Å². The van der Waals surface area contributed by atoms with Crippen molar-refractivity contribution in [2.75, 3.05) is 7.11 Å². The zero-order chi connectivity index (χ0) is 17.9. The number of benzene rings is 2. The minimum Gasteiger partial charge on any atom is -0.492 e. The standard InChI is InChI=1S/C18H19ClO5/c1-5-6-14-16(23-10(2)20)13-8-7-12(19)9-15(13)18(17(14)22-4)24-11(3)21/h7-9H,5-6H2,1-4H3. The molecule has 2 rings (SSSR count). The SMILES string of the molecule is CCCc1c(OC)c(OC(C)=O)c2cc(Cl)ccc2c1OC(C)=O. The van der Waals surface area contributed by atoms with Gasteiger partial charge in [0.2, 0.25) is 0 Å². The van der Waals surface area contributed by atoms with Crippen LogP contribution in [0.1, 0.15) is 32.8 Å². The molecule has 24 heavy (non-hydrogen) atoms. The van der Waals surface area contributed by atoms with Crippen LogP contribution in [-0.2, 0) is 16.0 Å². The van der Waals surface area contributed by atoms with Gasteiger partial charge in [-0.05, 0) is 24.6 Å². The third kappa shape index (κ3) is 3.62. The molecule has 5 nitrogen and oxygen atoms in total. The lowest BCUT2D eigenvalue weighted by molar-refractivity contribution is -0.133. The molecule has 0 atom stereocenters. The number of methoxy groups -OCH3 is 1. The Morgan fingerprint density at radius 3 is 2.17 bits per heavy atom. The molecule has 0 amide bonds. The zero-order valence-electron chi connectivity index (χ0n) is 14.1. The molecule has 6 heteroatoms. The second-order valence-electron chi connectivity index (χ2n) is 5.30. The van der Waals surface area contributed by atoms with Gasteiger partial charge in [-0.1, -0.05) is 24.9 Å². The minimum atomic E-state index is -0.475. The van der Waals surface area contributed by atoms with Gasteiger partial charge in [0.1, 0.15) is 5.75 Å². The van der Waals surface area contributed by atoms with Crippen molar-refractivity contribution in [2.24, 2.45) is 0 Å². The topological polar surface area (TPSA) is 61.8 Å². The molecule has 128 valence electrons. The second kappa shape index (κ2) is 7.53. The predicted octanol–water partition coefficient (Wildman–Crippen LogP) is 4.30. The van der Waals surface area contributed by atoms with Crippen LogP contribution in [0.4, 0.5) is 0 Å². The fourth-order valence-corrected chi connectivity index (χ4v) is 2.80. The van der Waals surface area contributed by atoms with Gasteiger partial charge >= 0.3 is 11.9 Å². The third-order valence-corrected chi connectivity index (χ3v) is 3.66. The van der Waals surface area contributed by atoms with Crippen molar-refractivity contribution >= 4 is 34.3 Å².